The van der Waals surface area contributed by atoms with Crippen LogP contribution in [0.15, 0.2) is 72.9 Å². The number of aliphatic carboxylic acids is 1. The van der Waals surface area contributed by atoms with E-state index in [9.17, 15) is 19.5 Å². The van der Waals surface area contributed by atoms with Gasteiger partial charge < -0.3 is 33.3 Å². The summed E-state index contributed by atoms with van der Waals surface area (Å²) in [7, 11) is 5.92. The number of likely N-dealkylation sites (N-methyl/N-ethyl adjacent to an activating group) is 1. The first-order valence-electron chi connectivity index (χ1n) is 31.1. The lowest BCUT2D eigenvalue weighted by molar-refractivity contribution is -0.870. The van der Waals surface area contributed by atoms with E-state index in [0.29, 0.717) is 17.4 Å². The summed E-state index contributed by atoms with van der Waals surface area (Å²) < 4.78 is 22.7. The molecular formula is C66H117NO8. The third-order valence-electron chi connectivity index (χ3n) is 13.4. The van der Waals surface area contributed by atoms with Crippen LogP contribution in [0.3, 0.4) is 0 Å². The average molecular weight is 1050 g/mol. The zero-order chi connectivity index (χ0) is 54.8. The Morgan fingerprint density at radius 3 is 1.15 bits per heavy atom. The van der Waals surface area contributed by atoms with Gasteiger partial charge in [0.05, 0.1) is 40.3 Å². The number of nitrogens with zero attached hydrogens (tertiary/aromatic N) is 1. The quantitative estimate of drug-likeness (QED) is 0.0195. The van der Waals surface area contributed by atoms with Crippen molar-refractivity contribution in [1.29, 1.82) is 0 Å². The van der Waals surface area contributed by atoms with Gasteiger partial charge in [0.15, 0.2) is 12.4 Å². The third kappa shape index (κ3) is 58.3. The van der Waals surface area contributed by atoms with Gasteiger partial charge in [-0.05, 0) is 83.5 Å². The van der Waals surface area contributed by atoms with Crippen molar-refractivity contribution in [2.75, 3.05) is 47.5 Å². The summed E-state index contributed by atoms with van der Waals surface area (Å²) in [6, 6.07) is 0. The first-order valence-corrected chi connectivity index (χ1v) is 31.1. The van der Waals surface area contributed by atoms with Crippen LogP contribution in [0.5, 0.6) is 0 Å². The molecule has 0 fully saturated rings. The second kappa shape index (κ2) is 56.9. The summed E-state index contributed by atoms with van der Waals surface area (Å²) in [6.07, 6.45) is 70.9. The number of quaternary nitrogens is 1. The second-order valence-corrected chi connectivity index (χ2v) is 22.0. The monoisotopic (exact) mass is 1050 g/mol. The number of carboxylic acid groups (broad SMARTS) is 1. The van der Waals surface area contributed by atoms with Crippen molar-refractivity contribution in [3.05, 3.63) is 72.9 Å². The maximum Gasteiger partial charge on any atom is 0.306 e. The van der Waals surface area contributed by atoms with Gasteiger partial charge in [0.2, 0.25) is 0 Å². The van der Waals surface area contributed by atoms with Crippen LogP contribution in [0.25, 0.3) is 0 Å². The van der Waals surface area contributed by atoms with E-state index in [1.165, 1.54) is 161 Å². The van der Waals surface area contributed by atoms with Crippen LogP contribution in [0, 0.1) is 0 Å². The van der Waals surface area contributed by atoms with Gasteiger partial charge in [-0.3, -0.25) is 9.59 Å². The van der Waals surface area contributed by atoms with Crippen LogP contribution in [0.4, 0.5) is 0 Å². The molecule has 0 spiro atoms. The molecule has 9 nitrogen and oxygen atoms in total. The van der Waals surface area contributed by atoms with Crippen LogP contribution in [-0.2, 0) is 33.3 Å². The summed E-state index contributed by atoms with van der Waals surface area (Å²) in [5, 5.41) is 11.8. The molecule has 0 aromatic heterocycles. The minimum absolute atomic E-state index is 0.145. The van der Waals surface area contributed by atoms with Gasteiger partial charge in [0.1, 0.15) is 13.2 Å². The molecule has 0 bridgehead atoms. The fraction of sp³-hybridized carbons (Fsp3) is 0.773. The maximum absolute atomic E-state index is 12.9. The van der Waals surface area contributed by atoms with Crippen molar-refractivity contribution in [3.8, 4) is 0 Å². The van der Waals surface area contributed by atoms with Gasteiger partial charge in [-0.1, -0.05) is 247 Å². The van der Waals surface area contributed by atoms with Crippen molar-refractivity contribution in [2.24, 2.45) is 0 Å². The molecule has 0 aliphatic rings. The molecule has 0 saturated heterocycles. The maximum atomic E-state index is 12.9. The number of hydrogen-bond donors (Lipinski definition) is 0. The number of hydrogen-bond acceptors (Lipinski definition) is 8. The lowest BCUT2D eigenvalue weighted by Gasteiger charge is -2.26. The zero-order valence-corrected chi connectivity index (χ0v) is 49.4. The predicted molar refractivity (Wildman–Crippen MR) is 315 cm³/mol. The van der Waals surface area contributed by atoms with E-state index >= 15 is 0 Å². The molecule has 0 aliphatic heterocycles. The number of carbonyl (C=O) groups is 3. The number of esters is 2. The van der Waals surface area contributed by atoms with Gasteiger partial charge in [-0.15, -0.1) is 0 Å². The zero-order valence-electron chi connectivity index (χ0n) is 49.4. The molecule has 434 valence electrons. The molecule has 0 heterocycles. The first-order chi connectivity index (χ1) is 36.6. The Hall–Kier alpha value is -3.27. The Morgan fingerprint density at radius 2 is 0.760 bits per heavy atom. The van der Waals surface area contributed by atoms with E-state index in [-0.39, 0.29) is 38.6 Å². The predicted octanol–water partition coefficient (Wildman–Crippen LogP) is 17.2. The average Bonchev–Trinajstić information content (AvgIpc) is 3.38. The largest absolute Gasteiger partial charge is 0.545 e. The number of carbonyl (C=O) groups excluding carboxylic acids is 3. The number of unbranched alkanes of at least 4 members (excludes halogenated alkanes) is 30. The summed E-state index contributed by atoms with van der Waals surface area (Å²) in [5.74, 6) is -2.28. The van der Waals surface area contributed by atoms with Gasteiger partial charge in [-0.2, -0.15) is 0 Å². The van der Waals surface area contributed by atoms with E-state index < -0.39 is 24.3 Å². The van der Waals surface area contributed by atoms with Gasteiger partial charge >= 0.3 is 11.9 Å². The van der Waals surface area contributed by atoms with Crippen molar-refractivity contribution in [2.45, 2.75) is 283 Å². The summed E-state index contributed by atoms with van der Waals surface area (Å²) in [5.41, 5.74) is 0. The molecule has 0 aromatic rings. The lowest BCUT2D eigenvalue weighted by Crippen LogP contribution is -2.44. The molecule has 75 heavy (non-hydrogen) atoms. The number of ether oxygens (including phenoxy) is 4. The highest BCUT2D eigenvalue weighted by atomic mass is 16.7. The summed E-state index contributed by atoms with van der Waals surface area (Å²) in [6.45, 7) is 4.66. The summed E-state index contributed by atoms with van der Waals surface area (Å²) in [4.78, 5) is 37.4. The van der Waals surface area contributed by atoms with Crippen LogP contribution < -0.4 is 5.11 Å². The van der Waals surface area contributed by atoms with E-state index in [1.54, 1.807) is 0 Å². The van der Waals surface area contributed by atoms with E-state index in [0.717, 1.165) is 77.0 Å². The molecule has 9 heteroatoms. The fourth-order valence-corrected chi connectivity index (χ4v) is 8.68. The molecule has 0 saturated carbocycles. The standard InChI is InChI=1S/C66H117NO8/c1-6-8-10-12-14-16-18-20-22-24-26-28-30-31-32-33-35-37-39-41-43-45-47-49-51-53-55-57-64(69)75-62(61-74-66(65(70)71)72-59-58-67(3,4)5)60-73-63(68)56-54-52-50-48-46-44-42-40-38-36-34-29-27-25-23-21-19-17-15-13-11-9-7-2/h8,10,14,16,20,22,25-28,31-32,62,66H,6-7,9,11-13,15,17-19,21,23-24,29-30,33-61H2,1-5H3/b10-8-,16-14-,22-20-,27-25-,28-26-,32-31-. The fourth-order valence-electron chi connectivity index (χ4n) is 8.68. The molecule has 0 aliphatic carbocycles. The minimum atomic E-state index is -1.62. The van der Waals surface area contributed by atoms with Crippen molar-refractivity contribution < 1.29 is 42.9 Å². The topological polar surface area (TPSA) is 111 Å². The second-order valence-electron chi connectivity index (χ2n) is 22.0. The van der Waals surface area contributed by atoms with Crippen LogP contribution in [0.2, 0.25) is 0 Å². The first kappa shape index (κ1) is 71.7. The van der Waals surface area contributed by atoms with E-state index in [2.05, 4.69) is 86.8 Å². The molecule has 0 radical (unpaired) electrons. The molecule has 2 unspecified atom stereocenters. The molecule has 0 amide bonds. The molecule has 2 atom stereocenters. The normalized spacial score (nSPS) is 13.2. The van der Waals surface area contributed by atoms with Crippen LogP contribution >= 0.6 is 0 Å². The Bertz CT molecular complexity index is 1460. The van der Waals surface area contributed by atoms with Crippen LogP contribution in [-0.4, -0.2) is 82.3 Å². The number of allylic oxidation sites excluding steroid dienone is 12. The Kier molecular flexibility index (Phi) is 54.4. The lowest BCUT2D eigenvalue weighted by atomic mass is 10.0. The summed E-state index contributed by atoms with van der Waals surface area (Å²) >= 11 is 0. The highest BCUT2D eigenvalue weighted by molar-refractivity contribution is 5.70. The SMILES string of the molecule is CC/C=C\C/C=C\C/C=C\C/C=C\C/C=C\CCCCCCCCCCCCCC(=O)OC(COC(=O)CCCCCCCCCCCCC/C=C\CCCCCCCCCC)COC(OCC[N+](C)(C)C)C(=O)[O-]. The van der Waals surface area contributed by atoms with Gasteiger partial charge in [0, 0.05) is 12.8 Å². The van der Waals surface area contributed by atoms with E-state index in [1.807, 2.05) is 21.1 Å². The van der Waals surface area contributed by atoms with Crippen LogP contribution in [0.1, 0.15) is 271 Å². The minimum Gasteiger partial charge on any atom is -0.545 e. The smallest absolute Gasteiger partial charge is 0.306 e. The molecule has 0 rings (SSSR count). The Balaban J connectivity index is 4.21. The Labute approximate surface area is 462 Å². The highest BCUT2D eigenvalue weighted by Crippen LogP contribution is 2.16. The Morgan fingerprint density at radius 1 is 0.413 bits per heavy atom. The molecule has 0 aromatic carbocycles. The molecular weight excluding hydrogens is 935 g/mol. The van der Waals surface area contributed by atoms with Crippen molar-refractivity contribution >= 4 is 17.9 Å². The van der Waals surface area contributed by atoms with Gasteiger partial charge in [-0.25, -0.2) is 0 Å². The number of rotatable bonds is 57. The van der Waals surface area contributed by atoms with Crippen molar-refractivity contribution in [3.63, 3.8) is 0 Å². The number of carboxylic acids is 1. The van der Waals surface area contributed by atoms with E-state index in [4.69, 9.17) is 18.9 Å². The highest BCUT2D eigenvalue weighted by Gasteiger charge is 2.22. The van der Waals surface area contributed by atoms with Gasteiger partial charge in [0.25, 0.3) is 0 Å². The van der Waals surface area contributed by atoms with Crippen molar-refractivity contribution in [1.82, 2.24) is 0 Å². The third-order valence-corrected chi connectivity index (χ3v) is 13.4. The molecule has 0 N–H and O–H groups in total.